The maximum absolute atomic E-state index is 10.6. The summed E-state index contributed by atoms with van der Waals surface area (Å²) in [4.78, 5) is 15.0. The molecule has 110 valence electrons. The van der Waals surface area contributed by atoms with Crippen molar-refractivity contribution in [2.45, 2.75) is 32.3 Å². The van der Waals surface area contributed by atoms with Crippen LogP contribution in [0.15, 0.2) is 48.7 Å². The van der Waals surface area contributed by atoms with Gasteiger partial charge in [-0.1, -0.05) is 37.6 Å². The minimum atomic E-state index is -1.23. The number of hydrogen-bond donors (Lipinski definition) is 1. The normalized spacial score (nSPS) is 12.6. The molecule has 1 aromatic heterocycles. The van der Waals surface area contributed by atoms with Gasteiger partial charge in [-0.3, -0.25) is 4.98 Å². The number of hydrogen-bond acceptors (Lipinski definition) is 3. The van der Waals surface area contributed by atoms with Crippen molar-refractivity contribution in [1.82, 2.24) is 4.98 Å². The van der Waals surface area contributed by atoms with Gasteiger partial charge in [-0.25, -0.2) is 4.79 Å². The molecule has 0 aliphatic carbocycles. The lowest BCUT2D eigenvalue weighted by molar-refractivity contribution is 0.0660. The molecule has 1 heterocycles. The molecule has 4 heteroatoms. The molecule has 0 fully saturated rings. The van der Waals surface area contributed by atoms with Crippen molar-refractivity contribution in [2.75, 3.05) is 0 Å². The Hall–Kier alpha value is -2.36. The van der Waals surface area contributed by atoms with Crippen LogP contribution in [0.3, 0.4) is 0 Å². The fraction of sp³-hybridized carbons (Fsp3) is 0.294. The maximum Gasteiger partial charge on any atom is 0.506 e. The number of allylic oxidation sites excluding steroid dienone is 1. The van der Waals surface area contributed by atoms with Gasteiger partial charge in [0.15, 0.2) is 0 Å². The monoisotopic (exact) mass is 285 g/mol. The van der Waals surface area contributed by atoms with Crippen molar-refractivity contribution in [3.05, 3.63) is 54.2 Å². The van der Waals surface area contributed by atoms with Gasteiger partial charge in [0.1, 0.15) is 6.10 Å². The van der Waals surface area contributed by atoms with Crippen LogP contribution < -0.4 is 0 Å². The summed E-state index contributed by atoms with van der Waals surface area (Å²) in [6.07, 6.45) is 6.27. The fourth-order valence-corrected chi connectivity index (χ4v) is 2.19. The number of pyridine rings is 1. The van der Waals surface area contributed by atoms with Crippen molar-refractivity contribution in [3.63, 3.8) is 0 Å². The van der Waals surface area contributed by atoms with E-state index in [9.17, 15) is 4.79 Å². The molecule has 0 aliphatic heterocycles. The van der Waals surface area contributed by atoms with E-state index in [0.29, 0.717) is 12.8 Å². The number of ether oxygens (including phenoxy) is 1. The molecule has 0 spiro atoms. The Labute approximate surface area is 124 Å². The molecule has 21 heavy (non-hydrogen) atoms. The molecule has 0 bridgehead atoms. The third kappa shape index (κ3) is 4.60. The zero-order valence-electron chi connectivity index (χ0n) is 12.0. The molecule has 0 amide bonds. The van der Waals surface area contributed by atoms with Gasteiger partial charge in [-0.15, -0.1) is 0 Å². The molecule has 0 aliphatic rings. The number of benzene rings is 1. The van der Waals surface area contributed by atoms with Gasteiger partial charge in [-0.05, 0) is 36.6 Å². The molecular weight excluding hydrogens is 266 g/mol. The van der Waals surface area contributed by atoms with E-state index >= 15 is 0 Å². The molecule has 1 atom stereocenters. The van der Waals surface area contributed by atoms with E-state index < -0.39 is 6.16 Å². The third-order valence-electron chi connectivity index (χ3n) is 3.18. The lowest BCUT2D eigenvalue weighted by Gasteiger charge is -2.10. The van der Waals surface area contributed by atoms with Crippen LogP contribution in [0.25, 0.3) is 10.9 Å². The predicted octanol–water partition coefficient (Wildman–Crippen LogP) is 4.20. The predicted molar refractivity (Wildman–Crippen MR) is 82.4 cm³/mol. The summed E-state index contributed by atoms with van der Waals surface area (Å²) in [6, 6.07) is 10.1. The van der Waals surface area contributed by atoms with Gasteiger partial charge in [0, 0.05) is 11.6 Å². The summed E-state index contributed by atoms with van der Waals surface area (Å²) >= 11 is 0. The number of rotatable bonds is 6. The van der Waals surface area contributed by atoms with E-state index in [-0.39, 0.29) is 6.10 Å². The Morgan fingerprint density at radius 2 is 2.24 bits per heavy atom. The zero-order valence-corrected chi connectivity index (χ0v) is 12.0. The maximum atomic E-state index is 10.6. The molecule has 2 aromatic rings. The van der Waals surface area contributed by atoms with E-state index in [2.05, 4.69) is 11.1 Å². The molecule has 1 aromatic carbocycles. The smallest absolute Gasteiger partial charge is 0.450 e. The highest BCUT2D eigenvalue weighted by atomic mass is 16.7. The van der Waals surface area contributed by atoms with Crippen molar-refractivity contribution >= 4 is 17.1 Å². The van der Waals surface area contributed by atoms with Gasteiger partial charge >= 0.3 is 6.16 Å². The number of fused-ring (bicyclic) bond motifs is 1. The Morgan fingerprint density at radius 1 is 1.43 bits per heavy atom. The van der Waals surface area contributed by atoms with Crippen LogP contribution in [0.4, 0.5) is 4.79 Å². The highest BCUT2D eigenvalue weighted by Crippen LogP contribution is 2.13. The first-order valence-electron chi connectivity index (χ1n) is 7.09. The molecule has 0 radical (unpaired) electrons. The van der Waals surface area contributed by atoms with Crippen LogP contribution in [-0.2, 0) is 11.2 Å². The van der Waals surface area contributed by atoms with Gasteiger partial charge in [0.25, 0.3) is 0 Å². The summed E-state index contributed by atoms with van der Waals surface area (Å²) in [5.74, 6) is 0. The number of aromatic nitrogens is 1. The second kappa shape index (κ2) is 7.43. The Morgan fingerprint density at radius 3 is 3.00 bits per heavy atom. The highest BCUT2D eigenvalue weighted by Gasteiger charge is 2.08. The lowest BCUT2D eigenvalue weighted by atomic mass is 10.1. The largest absolute Gasteiger partial charge is 0.506 e. The summed E-state index contributed by atoms with van der Waals surface area (Å²) in [5, 5.41) is 9.79. The topological polar surface area (TPSA) is 59.4 Å². The number of carbonyl (C=O) groups is 1. The van der Waals surface area contributed by atoms with E-state index in [1.807, 2.05) is 49.5 Å². The molecular formula is C17H19NO3. The van der Waals surface area contributed by atoms with Crippen molar-refractivity contribution in [2.24, 2.45) is 0 Å². The Kier molecular flexibility index (Phi) is 5.32. The van der Waals surface area contributed by atoms with Crippen LogP contribution in [-0.4, -0.2) is 22.3 Å². The van der Waals surface area contributed by atoms with Crippen molar-refractivity contribution in [1.29, 1.82) is 0 Å². The SMILES string of the molecule is CCCC(C=CCc1cnc2ccccc2c1)OC(=O)O. The van der Waals surface area contributed by atoms with Crippen LogP contribution >= 0.6 is 0 Å². The molecule has 4 nitrogen and oxygen atoms in total. The average Bonchev–Trinajstić information content (AvgIpc) is 2.47. The van der Waals surface area contributed by atoms with Gasteiger partial charge in [0.2, 0.25) is 0 Å². The van der Waals surface area contributed by atoms with Gasteiger partial charge < -0.3 is 9.84 Å². The lowest BCUT2D eigenvalue weighted by Crippen LogP contribution is -2.13. The number of carboxylic acid groups (broad SMARTS) is 1. The van der Waals surface area contributed by atoms with Crippen LogP contribution in [0.1, 0.15) is 25.3 Å². The number of nitrogens with zero attached hydrogens (tertiary/aromatic N) is 1. The summed E-state index contributed by atoms with van der Waals surface area (Å²) < 4.78 is 4.81. The first-order chi connectivity index (χ1) is 10.2. The van der Waals surface area contributed by atoms with E-state index in [0.717, 1.165) is 22.9 Å². The second-order valence-electron chi connectivity index (χ2n) is 4.88. The Bertz CT molecular complexity index is 637. The van der Waals surface area contributed by atoms with Gasteiger partial charge in [-0.2, -0.15) is 0 Å². The van der Waals surface area contributed by atoms with E-state index in [1.165, 1.54) is 0 Å². The molecule has 1 unspecified atom stereocenters. The van der Waals surface area contributed by atoms with Crippen molar-refractivity contribution < 1.29 is 14.6 Å². The molecule has 2 rings (SSSR count). The quantitative estimate of drug-likeness (QED) is 0.638. The minimum absolute atomic E-state index is 0.374. The number of para-hydroxylation sites is 1. The Balaban J connectivity index is 2.02. The first kappa shape index (κ1) is 15.0. The average molecular weight is 285 g/mol. The fourth-order valence-electron chi connectivity index (χ4n) is 2.19. The highest BCUT2D eigenvalue weighted by molar-refractivity contribution is 5.78. The van der Waals surface area contributed by atoms with Crippen LogP contribution in [0.2, 0.25) is 0 Å². The van der Waals surface area contributed by atoms with E-state index in [4.69, 9.17) is 9.84 Å². The van der Waals surface area contributed by atoms with Crippen molar-refractivity contribution in [3.8, 4) is 0 Å². The standard InChI is InChI=1S/C17H19NO3/c1-2-6-15(21-17(19)20)9-5-7-13-11-14-8-3-4-10-16(14)18-12-13/h3-5,8-12,15H,2,6-7H2,1H3,(H,19,20). The van der Waals surface area contributed by atoms with Gasteiger partial charge in [0.05, 0.1) is 5.52 Å². The summed E-state index contributed by atoms with van der Waals surface area (Å²) in [7, 11) is 0. The van der Waals surface area contributed by atoms with Crippen LogP contribution in [0.5, 0.6) is 0 Å². The zero-order chi connectivity index (χ0) is 15.1. The summed E-state index contributed by atoms with van der Waals surface area (Å²) in [6.45, 7) is 2.00. The van der Waals surface area contributed by atoms with E-state index in [1.54, 1.807) is 0 Å². The minimum Gasteiger partial charge on any atom is -0.450 e. The molecule has 0 saturated carbocycles. The summed E-state index contributed by atoms with van der Waals surface area (Å²) in [5.41, 5.74) is 2.07. The van der Waals surface area contributed by atoms with Crippen LogP contribution in [0, 0.1) is 0 Å². The first-order valence-corrected chi connectivity index (χ1v) is 7.09. The molecule has 0 saturated heterocycles. The third-order valence-corrected chi connectivity index (χ3v) is 3.18. The second-order valence-corrected chi connectivity index (χ2v) is 4.88. The molecule has 1 N–H and O–H groups in total.